The molecule has 5 rings (SSSR count). The molecule has 33 heavy (non-hydrogen) atoms. The maximum Gasteiger partial charge on any atom is 0.225 e. The summed E-state index contributed by atoms with van der Waals surface area (Å²) in [6, 6.07) is 7.11. The van der Waals surface area contributed by atoms with Crippen molar-refractivity contribution in [3.05, 3.63) is 46.8 Å². The van der Waals surface area contributed by atoms with E-state index in [1.165, 1.54) is 54.7 Å². The lowest BCUT2D eigenvalue weighted by Crippen LogP contribution is -2.52. The molecule has 6 nitrogen and oxygen atoms in total. The van der Waals surface area contributed by atoms with Crippen LogP contribution < -0.4 is 9.64 Å². The number of anilines is 1. The fourth-order valence-corrected chi connectivity index (χ4v) is 4.79. The molecule has 0 spiro atoms. The van der Waals surface area contributed by atoms with Crippen molar-refractivity contribution in [1.29, 1.82) is 0 Å². The Morgan fingerprint density at radius 3 is 2.45 bits per heavy atom. The van der Waals surface area contributed by atoms with Crippen LogP contribution in [0.3, 0.4) is 0 Å². The molecule has 1 aliphatic carbocycles. The third-order valence-corrected chi connectivity index (χ3v) is 7.27. The largest absolute Gasteiger partial charge is 0.494 e. The molecule has 2 aromatic rings. The van der Waals surface area contributed by atoms with Crippen LogP contribution >= 0.6 is 0 Å². The van der Waals surface area contributed by atoms with Crippen molar-refractivity contribution in [2.45, 2.75) is 58.9 Å². The molecule has 1 saturated carbocycles. The Hall–Kier alpha value is -2.18. The van der Waals surface area contributed by atoms with Gasteiger partial charge in [-0.05, 0) is 69.8 Å². The average molecular weight is 452 g/mol. The van der Waals surface area contributed by atoms with Crippen molar-refractivity contribution < 1.29 is 4.74 Å². The molecular formula is C27H41N5O. The van der Waals surface area contributed by atoms with Gasteiger partial charge in [-0.1, -0.05) is 18.6 Å². The van der Waals surface area contributed by atoms with Gasteiger partial charge in [0, 0.05) is 57.9 Å². The number of hydrogen-bond donors (Lipinski definition) is 0. The molecule has 1 saturated heterocycles. The molecule has 3 heterocycles. The van der Waals surface area contributed by atoms with Crippen LogP contribution in [-0.2, 0) is 12.8 Å². The second-order valence-electron chi connectivity index (χ2n) is 9.75. The Morgan fingerprint density at radius 1 is 1.00 bits per heavy atom. The lowest BCUT2D eigenvalue weighted by Gasteiger charge is -2.43. The molecule has 0 bridgehead atoms. The number of nitrogens with zero attached hydrogens (tertiary/aromatic N) is 5. The molecule has 1 aromatic heterocycles. The number of likely N-dealkylation sites (N-methyl/N-ethyl adjacent to an activating group) is 1. The fourth-order valence-electron chi connectivity index (χ4n) is 4.79. The molecule has 0 N–H and O–H groups in total. The van der Waals surface area contributed by atoms with Crippen LogP contribution in [0.4, 0.5) is 5.95 Å². The van der Waals surface area contributed by atoms with E-state index in [1.807, 2.05) is 6.92 Å². The van der Waals surface area contributed by atoms with Crippen LogP contribution in [0.25, 0.3) is 0 Å². The average Bonchev–Trinajstić information content (AvgIpc) is 2.97. The van der Waals surface area contributed by atoms with E-state index in [-0.39, 0.29) is 0 Å². The molecule has 1 aromatic carbocycles. The molecule has 0 atom stereocenters. The van der Waals surface area contributed by atoms with Gasteiger partial charge in [-0.25, -0.2) is 9.97 Å². The summed E-state index contributed by atoms with van der Waals surface area (Å²) in [7, 11) is 2.19. The van der Waals surface area contributed by atoms with Crippen molar-refractivity contribution in [3.63, 3.8) is 0 Å². The minimum atomic E-state index is 0.740. The van der Waals surface area contributed by atoms with Crippen LogP contribution in [0.15, 0.2) is 24.4 Å². The highest BCUT2D eigenvalue weighted by Crippen LogP contribution is 2.26. The lowest BCUT2D eigenvalue weighted by molar-refractivity contribution is 0.120. The first-order chi connectivity index (χ1) is 16.0. The monoisotopic (exact) mass is 451 g/mol. The molecule has 2 aliphatic heterocycles. The highest BCUT2D eigenvalue weighted by Gasteiger charge is 2.28. The number of piperazine rings is 1. The Bertz CT molecular complexity index is 905. The number of aryl methyl sites for hydroxylation is 2. The lowest BCUT2D eigenvalue weighted by atomic mass is 9.91. The molecule has 0 amide bonds. The second-order valence-corrected chi connectivity index (χ2v) is 9.75. The van der Waals surface area contributed by atoms with Crippen molar-refractivity contribution in [3.8, 4) is 5.75 Å². The normalized spacial score (nSPS) is 19.7. The smallest absolute Gasteiger partial charge is 0.225 e. The third kappa shape index (κ3) is 6.24. The predicted octanol–water partition coefficient (Wildman–Crippen LogP) is 3.88. The minimum Gasteiger partial charge on any atom is -0.494 e. The van der Waals surface area contributed by atoms with Gasteiger partial charge < -0.3 is 14.5 Å². The van der Waals surface area contributed by atoms with Gasteiger partial charge in [-0.2, -0.15) is 0 Å². The van der Waals surface area contributed by atoms with E-state index in [4.69, 9.17) is 9.72 Å². The number of rotatable bonds is 4. The van der Waals surface area contributed by atoms with Gasteiger partial charge in [-0.3, -0.25) is 4.90 Å². The van der Waals surface area contributed by atoms with E-state index in [9.17, 15) is 0 Å². The van der Waals surface area contributed by atoms with Crippen LogP contribution in [0.2, 0.25) is 0 Å². The van der Waals surface area contributed by atoms with Crippen molar-refractivity contribution >= 4 is 5.95 Å². The maximum absolute atomic E-state index is 5.42. The van der Waals surface area contributed by atoms with Gasteiger partial charge in [0.2, 0.25) is 5.95 Å². The quantitative estimate of drug-likeness (QED) is 0.703. The first-order valence-corrected chi connectivity index (χ1v) is 12.8. The summed E-state index contributed by atoms with van der Waals surface area (Å²) in [4.78, 5) is 17.0. The van der Waals surface area contributed by atoms with E-state index < -0.39 is 0 Å². The summed E-state index contributed by atoms with van der Waals surface area (Å²) in [5.74, 6) is 1.96. The van der Waals surface area contributed by atoms with Gasteiger partial charge >= 0.3 is 0 Å². The zero-order valence-corrected chi connectivity index (χ0v) is 21.0. The van der Waals surface area contributed by atoms with E-state index in [0.717, 1.165) is 63.4 Å². The Morgan fingerprint density at radius 2 is 1.76 bits per heavy atom. The molecule has 180 valence electrons. The van der Waals surface area contributed by atoms with Gasteiger partial charge in [0.15, 0.2) is 0 Å². The summed E-state index contributed by atoms with van der Waals surface area (Å²) in [5, 5.41) is 0. The molecule has 2 fully saturated rings. The topological polar surface area (TPSA) is 44.7 Å². The summed E-state index contributed by atoms with van der Waals surface area (Å²) in [5.41, 5.74) is 5.08. The Kier molecular flexibility index (Phi) is 8.20. The summed E-state index contributed by atoms with van der Waals surface area (Å²) >= 11 is 0. The number of fused-ring (bicyclic) bond motifs is 1. The van der Waals surface area contributed by atoms with Crippen LogP contribution in [0.1, 0.15) is 48.6 Å². The van der Waals surface area contributed by atoms with Crippen LogP contribution in [-0.4, -0.2) is 78.7 Å². The van der Waals surface area contributed by atoms with Crippen molar-refractivity contribution in [2.24, 2.45) is 0 Å². The van der Waals surface area contributed by atoms with E-state index in [0.29, 0.717) is 0 Å². The van der Waals surface area contributed by atoms with Crippen molar-refractivity contribution in [1.82, 2.24) is 19.8 Å². The minimum absolute atomic E-state index is 0.740. The number of aromatic nitrogens is 2. The highest BCUT2D eigenvalue weighted by molar-refractivity contribution is 5.36. The zero-order chi connectivity index (χ0) is 23.2. The SMILES string of the molecule is CCOc1cc(C)ccc1C.CN1CCc2cnc(N3CCN(C4CCC4)CC3)nc2CC1. The Balaban J connectivity index is 0.000000200. The van der Waals surface area contributed by atoms with E-state index >= 15 is 0 Å². The molecule has 6 heteroatoms. The van der Waals surface area contributed by atoms with Crippen molar-refractivity contribution in [2.75, 3.05) is 57.8 Å². The van der Waals surface area contributed by atoms with E-state index in [2.05, 4.69) is 65.0 Å². The Labute approximate surface area is 200 Å². The molecule has 3 aliphatic rings. The van der Waals surface area contributed by atoms with Gasteiger partial charge in [0.1, 0.15) is 5.75 Å². The van der Waals surface area contributed by atoms with Gasteiger partial charge in [0.25, 0.3) is 0 Å². The van der Waals surface area contributed by atoms with Gasteiger partial charge in [-0.15, -0.1) is 0 Å². The third-order valence-electron chi connectivity index (χ3n) is 7.27. The van der Waals surface area contributed by atoms with Crippen LogP contribution in [0, 0.1) is 13.8 Å². The summed E-state index contributed by atoms with van der Waals surface area (Å²) in [6.45, 7) is 13.6. The van der Waals surface area contributed by atoms with Gasteiger partial charge in [0.05, 0.1) is 12.3 Å². The maximum atomic E-state index is 5.42. The fraction of sp³-hybridized carbons (Fsp3) is 0.630. The number of hydrogen-bond acceptors (Lipinski definition) is 6. The molecule has 0 radical (unpaired) electrons. The predicted molar refractivity (Wildman–Crippen MR) is 135 cm³/mol. The van der Waals surface area contributed by atoms with Crippen LogP contribution in [0.5, 0.6) is 5.75 Å². The first-order valence-electron chi connectivity index (χ1n) is 12.8. The van der Waals surface area contributed by atoms with E-state index in [1.54, 1.807) is 0 Å². The summed E-state index contributed by atoms with van der Waals surface area (Å²) < 4.78 is 5.42. The highest BCUT2D eigenvalue weighted by atomic mass is 16.5. The molecular weight excluding hydrogens is 410 g/mol. The molecule has 0 unspecified atom stereocenters. The number of benzene rings is 1. The summed E-state index contributed by atoms with van der Waals surface area (Å²) in [6.07, 6.45) is 8.46. The number of ether oxygens (including phenoxy) is 1. The second kappa shape index (κ2) is 11.3. The zero-order valence-electron chi connectivity index (χ0n) is 21.0. The standard InChI is InChI=1S/C17H27N5.C10H14O/c1-20-7-5-14-13-18-17(19-16(14)6-8-20)22-11-9-21(10-12-22)15-3-2-4-15;1-4-11-10-7-8(2)5-6-9(10)3/h13,15H,2-12H2,1H3;5-7H,4H2,1-3H3. The first kappa shape index (κ1) is 24.0.